The summed E-state index contributed by atoms with van der Waals surface area (Å²) in [5.74, 6) is 0.576. The topological polar surface area (TPSA) is 85.1 Å². The van der Waals surface area contributed by atoms with E-state index in [-0.39, 0.29) is 17.6 Å². The Bertz CT molecular complexity index is 448. The molecule has 16 heavy (non-hydrogen) atoms. The molecule has 1 aromatic rings. The average Bonchev–Trinajstić information content (AvgIpc) is 2.65. The van der Waals surface area contributed by atoms with E-state index in [0.29, 0.717) is 5.89 Å². The van der Waals surface area contributed by atoms with E-state index in [1.165, 1.54) is 0 Å². The summed E-state index contributed by atoms with van der Waals surface area (Å²) < 4.78 is 27.2. The Hall–Kier alpha value is -0.950. The first kappa shape index (κ1) is 11.5. The van der Waals surface area contributed by atoms with Gasteiger partial charge in [-0.3, -0.25) is 0 Å². The van der Waals surface area contributed by atoms with Crippen LogP contribution >= 0.6 is 0 Å². The highest BCUT2D eigenvalue weighted by Gasteiger charge is 2.21. The van der Waals surface area contributed by atoms with Crippen LogP contribution in [-0.4, -0.2) is 31.4 Å². The molecule has 1 aromatic heterocycles. The minimum atomic E-state index is -3.10. The number of hydrogen-bond acceptors (Lipinski definition) is 6. The molecule has 1 N–H and O–H groups in total. The molecule has 0 aliphatic carbocycles. The van der Waals surface area contributed by atoms with Gasteiger partial charge in [-0.25, -0.2) is 8.42 Å². The van der Waals surface area contributed by atoms with Crippen molar-refractivity contribution in [2.75, 3.05) is 12.8 Å². The molecular formula is C9H15N3O3S. The molecule has 0 unspecified atom stereocenters. The molecular weight excluding hydrogens is 230 g/mol. The summed E-state index contributed by atoms with van der Waals surface area (Å²) in [5, 5.41) is 6.94. The number of sulfone groups is 1. The average molecular weight is 245 g/mol. The molecule has 1 atom stereocenters. The second kappa shape index (κ2) is 4.50. The SMILES string of the molecule is CS(=O)(=O)Cc1noc([C@@H]2CCCCN2)n1. The van der Waals surface area contributed by atoms with Crippen LogP contribution in [0.15, 0.2) is 4.52 Å². The summed E-state index contributed by atoms with van der Waals surface area (Å²) in [6, 6.07) is 0.0783. The van der Waals surface area contributed by atoms with Gasteiger partial charge >= 0.3 is 0 Å². The first-order valence-electron chi connectivity index (χ1n) is 5.28. The van der Waals surface area contributed by atoms with Gasteiger partial charge < -0.3 is 9.84 Å². The number of hydrogen-bond donors (Lipinski definition) is 1. The van der Waals surface area contributed by atoms with Crippen LogP contribution in [0.3, 0.4) is 0 Å². The van der Waals surface area contributed by atoms with Crippen molar-refractivity contribution >= 4 is 9.84 Å². The Balaban J connectivity index is 2.06. The number of nitrogens with one attached hydrogen (secondary N) is 1. The molecule has 1 aliphatic rings. The summed E-state index contributed by atoms with van der Waals surface area (Å²) in [5.41, 5.74) is 0. The van der Waals surface area contributed by atoms with Crippen LogP contribution in [0.1, 0.15) is 37.0 Å². The van der Waals surface area contributed by atoms with Gasteiger partial charge in [0.25, 0.3) is 0 Å². The largest absolute Gasteiger partial charge is 0.338 e. The van der Waals surface area contributed by atoms with Crippen LogP contribution in [0.5, 0.6) is 0 Å². The summed E-state index contributed by atoms with van der Waals surface area (Å²) in [7, 11) is -3.10. The van der Waals surface area contributed by atoms with Gasteiger partial charge in [-0.05, 0) is 19.4 Å². The van der Waals surface area contributed by atoms with E-state index >= 15 is 0 Å². The summed E-state index contributed by atoms with van der Waals surface area (Å²) in [6.45, 7) is 0.939. The predicted molar refractivity (Wildman–Crippen MR) is 57.4 cm³/mol. The third-order valence-electron chi connectivity index (χ3n) is 2.48. The second-order valence-electron chi connectivity index (χ2n) is 4.12. The fourth-order valence-corrected chi connectivity index (χ4v) is 2.35. The van der Waals surface area contributed by atoms with Crippen LogP contribution in [0.4, 0.5) is 0 Å². The van der Waals surface area contributed by atoms with Crippen molar-refractivity contribution in [2.24, 2.45) is 0 Å². The lowest BCUT2D eigenvalue weighted by molar-refractivity contribution is 0.296. The molecule has 1 saturated heterocycles. The van der Waals surface area contributed by atoms with Crippen molar-refractivity contribution in [1.82, 2.24) is 15.5 Å². The van der Waals surface area contributed by atoms with Crippen molar-refractivity contribution in [1.29, 1.82) is 0 Å². The molecule has 0 spiro atoms. The van der Waals surface area contributed by atoms with Gasteiger partial charge in [0.05, 0.1) is 6.04 Å². The monoisotopic (exact) mass is 245 g/mol. The first-order valence-corrected chi connectivity index (χ1v) is 7.34. The van der Waals surface area contributed by atoms with Gasteiger partial charge in [0.1, 0.15) is 5.75 Å². The van der Waals surface area contributed by atoms with E-state index in [1.807, 2.05) is 0 Å². The number of piperidine rings is 1. The van der Waals surface area contributed by atoms with E-state index in [1.54, 1.807) is 0 Å². The van der Waals surface area contributed by atoms with Crippen molar-refractivity contribution in [3.63, 3.8) is 0 Å². The standard InChI is InChI=1S/C9H15N3O3S/c1-16(13,14)6-8-11-9(15-12-8)7-4-2-3-5-10-7/h7,10H,2-6H2,1H3/t7-/m0/s1. The van der Waals surface area contributed by atoms with Crippen molar-refractivity contribution < 1.29 is 12.9 Å². The van der Waals surface area contributed by atoms with Crippen molar-refractivity contribution in [2.45, 2.75) is 31.1 Å². The van der Waals surface area contributed by atoms with Gasteiger partial charge in [-0.15, -0.1) is 0 Å². The smallest absolute Gasteiger partial charge is 0.243 e. The summed E-state index contributed by atoms with van der Waals surface area (Å²) in [4.78, 5) is 4.10. The zero-order chi connectivity index (χ0) is 11.6. The molecule has 0 saturated carbocycles. The highest BCUT2D eigenvalue weighted by Crippen LogP contribution is 2.21. The lowest BCUT2D eigenvalue weighted by atomic mass is 10.1. The Morgan fingerprint density at radius 2 is 2.31 bits per heavy atom. The Morgan fingerprint density at radius 1 is 1.50 bits per heavy atom. The van der Waals surface area contributed by atoms with E-state index < -0.39 is 9.84 Å². The lowest BCUT2D eigenvalue weighted by Gasteiger charge is -2.19. The minimum absolute atomic E-state index is 0.0783. The fraction of sp³-hybridized carbons (Fsp3) is 0.778. The van der Waals surface area contributed by atoms with Gasteiger partial charge in [0, 0.05) is 6.26 Å². The minimum Gasteiger partial charge on any atom is -0.338 e. The third-order valence-corrected chi connectivity index (χ3v) is 3.27. The Kier molecular flexibility index (Phi) is 3.25. The van der Waals surface area contributed by atoms with E-state index in [2.05, 4.69) is 15.5 Å². The molecule has 0 radical (unpaired) electrons. The highest BCUT2D eigenvalue weighted by atomic mass is 32.2. The van der Waals surface area contributed by atoms with Gasteiger partial charge in [0.2, 0.25) is 5.89 Å². The molecule has 2 heterocycles. The molecule has 2 rings (SSSR count). The van der Waals surface area contributed by atoms with Crippen LogP contribution in [0.2, 0.25) is 0 Å². The van der Waals surface area contributed by atoms with Gasteiger partial charge in [-0.2, -0.15) is 4.98 Å². The van der Waals surface area contributed by atoms with E-state index in [0.717, 1.165) is 32.1 Å². The Morgan fingerprint density at radius 3 is 2.94 bits per heavy atom. The van der Waals surface area contributed by atoms with Crippen LogP contribution in [-0.2, 0) is 15.6 Å². The molecule has 6 nitrogen and oxygen atoms in total. The summed E-state index contributed by atoms with van der Waals surface area (Å²) >= 11 is 0. The molecule has 90 valence electrons. The Labute approximate surface area is 94.3 Å². The number of rotatable bonds is 3. The molecule has 0 aromatic carbocycles. The van der Waals surface area contributed by atoms with Gasteiger partial charge in [-0.1, -0.05) is 11.6 Å². The zero-order valence-corrected chi connectivity index (χ0v) is 9.96. The maximum Gasteiger partial charge on any atom is 0.243 e. The first-order chi connectivity index (χ1) is 7.54. The number of aromatic nitrogens is 2. The van der Waals surface area contributed by atoms with E-state index in [4.69, 9.17) is 4.52 Å². The summed E-state index contributed by atoms with van der Waals surface area (Å²) in [6.07, 6.45) is 4.39. The maximum absolute atomic E-state index is 11.0. The highest BCUT2D eigenvalue weighted by molar-refractivity contribution is 7.89. The third kappa shape index (κ3) is 3.02. The van der Waals surface area contributed by atoms with E-state index in [9.17, 15) is 8.42 Å². The maximum atomic E-state index is 11.0. The normalized spacial score (nSPS) is 22.2. The number of nitrogens with zero attached hydrogens (tertiary/aromatic N) is 2. The van der Waals surface area contributed by atoms with Crippen molar-refractivity contribution in [3.8, 4) is 0 Å². The van der Waals surface area contributed by atoms with Gasteiger partial charge in [0.15, 0.2) is 15.7 Å². The van der Waals surface area contributed by atoms with Crippen LogP contribution in [0.25, 0.3) is 0 Å². The lowest BCUT2D eigenvalue weighted by Crippen LogP contribution is -2.27. The molecule has 1 aliphatic heterocycles. The molecule has 1 fully saturated rings. The molecule has 7 heteroatoms. The predicted octanol–water partition coefficient (Wildman–Crippen LogP) is 0.429. The molecule has 0 amide bonds. The van der Waals surface area contributed by atoms with Crippen LogP contribution < -0.4 is 5.32 Å². The van der Waals surface area contributed by atoms with Crippen LogP contribution in [0, 0.1) is 0 Å². The molecule has 0 bridgehead atoms. The quantitative estimate of drug-likeness (QED) is 0.831. The second-order valence-corrected chi connectivity index (χ2v) is 6.26. The zero-order valence-electron chi connectivity index (χ0n) is 9.14. The van der Waals surface area contributed by atoms with Crippen molar-refractivity contribution in [3.05, 3.63) is 11.7 Å². The fourth-order valence-electron chi connectivity index (χ4n) is 1.76.